The Labute approximate surface area is 143 Å². The van der Waals surface area contributed by atoms with Gasteiger partial charge in [-0.3, -0.25) is 4.79 Å². The number of hydrogen-bond donors (Lipinski definition) is 1. The molecular weight excluding hydrogens is 336 g/mol. The van der Waals surface area contributed by atoms with E-state index >= 15 is 0 Å². The zero-order valence-corrected chi connectivity index (χ0v) is 14.4. The molecule has 1 atom stereocenters. The first kappa shape index (κ1) is 16.1. The number of ether oxygens (including phenoxy) is 2. The molecule has 7 heteroatoms. The maximum absolute atomic E-state index is 12.4. The quantitative estimate of drug-likeness (QED) is 0.898. The van der Waals surface area contributed by atoms with Gasteiger partial charge in [-0.1, -0.05) is 11.6 Å². The van der Waals surface area contributed by atoms with E-state index in [1.54, 1.807) is 23.5 Å². The molecule has 1 aromatic carbocycles. The zero-order valence-electron chi connectivity index (χ0n) is 12.8. The first-order valence-corrected chi connectivity index (χ1v) is 8.44. The van der Waals surface area contributed by atoms with E-state index in [1.807, 2.05) is 19.5 Å². The summed E-state index contributed by atoms with van der Waals surface area (Å²) in [6.07, 6.45) is 0. The van der Waals surface area contributed by atoms with Crippen molar-refractivity contribution in [2.45, 2.75) is 6.04 Å². The van der Waals surface area contributed by atoms with Crippen LogP contribution in [-0.2, 0) is 0 Å². The molecule has 1 aliphatic heterocycles. The second-order valence-electron chi connectivity index (χ2n) is 5.44. The van der Waals surface area contributed by atoms with Gasteiger partial charge in [-0.15, -0.1) is 0 Å². The molecule has 0 bridgehead atoms. The summed E-state index contributed by atoms with van der Waals surface area (Å²) in [6, 6.07) is 5.44. The number of thiophene rings is 1. The topological polar surface area (TPSA) is 50.8 Å². The molecule has 1 aromatic heterocycles. The summed E-state index contributed by atoms with van der Waals surface area (Å²) >= 11 is 7.77. The normalized spacial score (nSPS) is 14.1. The first-order valence-electron chi connectivity index (χ1n) is 7.12. The highest BCUT2D eigenvalue weighted by Crippen LogP contribution is 2.39. The van der Waals surface area contributed by atoms with Crippen LogP contribution < -0.4 is 14.8 Å². The van der Waals surface area contributed by atoms with Gasteiger partial charge in [0, 0.05) is 12.1 Å². The van der Waals surface area contributed by atoms with Crippen molar-refractivity contribution in [3.05, 3.63) is 45.1 Å². The van der Waals surface area contributed by atoms with Crippen LogP contribution in [0.1, 0.15) is 22.0 Å². The average Bonchev–Trinajstić information content (AvgIpc) is 3.17. The number of fused-ring (bicyclic) bond motifs is 1. The standard InChI is InChI=1S/C16H17ClN2O3S/c1-19(2)13(10-3-4-23-8-10)7-18-16(20)11-5-12(17)15-14(6-11)21-9-22-15/h3-6,8,13H,7,9H2,1-2H3,(H,18,20)/t13-/m0/s1. The Hall–Kier alpha value is -1.76. The predicted octanol–water partition coefficient (Wildman–Crippen LogP) is 3.16. The summed E-state index contributed by atoms with van der Waals surface area (Å²) in [5.41, 5.74) is 1.64. The molecule has 0 spiro atoms. The Bertz CT molecular complexity index is 704. The van der Waals surface area contributed by atoms with Gasteiger partial charge in [-0.2, -0.15) is 11.3 Å². The highest BCUT2D eigenvalue weighted by atomic mass is 35.5. The minimum absolute atomic E-state index is 0.120. The summed E-state index contributed by atoms with van der Waals surface area (Å²) in [6.45, 7) is 0.635. The number of benzene rings is 1. The molecule has 0 fully saturated rings. The van der Waals surface area contributed by atoms with E-state index in [4.69, 9.17) is 21.1 Å². The number of nitrogens with one attached hydrogen (secondary N) is 1. The number of carbonyl (C=O) groups excluding carboxylic acids is 1. The van der Waals surface area contributed by atoms with Crippen molar-refractivity contribution >= 4 is 28.8 Å². The van der Waals surface area contributed by atoms with Gasteiger partial charge in [0.25, 0.3) is 5.91 Å². The second kappa shape index (κ2) is 6.78. The minimum Gasteiger partial charge on any atom is -0.454 e. The van der Waals surface area contributed by atoms with Gasteiger partial charge in [0.1, 0.15) is 0 Å². The van der Waals surface area contributed by atoms with Crippen LogP contribution in [0.4, 0.5) is 0 Å². The molecule has 1 amide bonds. The Balaban J connectivity index is 1.71. The van der Waals surface area contributed by atoms with Crippen LogP contribution in [0.15, 0.2) is 29.0 Å². The predicted molar refractivity (Wildman–Crippen MR) is 90.7 cm³/mol. The van der Waals surface area contributed by atoms with E-state index in [-0.39, 0.29) is 18.7 Å². The molecule has 5 nitrogen and oxygen atoms in total. The summed E-state index contributed by atoms with van der Waals surface area (Å²) in [4.78, 5) is 14.5. The van der Waals surface area contributed by atoms with Gasteiger partial charge < -0.3 is 19.7 Å². The molecule has 23 heavy (non-hydrogen) atoms. The third-order valence-electron chi connectivity index (χ3n) is 3.70. The molecule has 0 unspecified atom stereocenters. The van der Waals surface area contributed by atoms with Crippen LogP contribution >= 0.6 is 22.9 Å². The Kier molecular flexibility index (Phi) is 4.75. The van der Waals surface area contributed by atoms with Crippen molar-refractivity contribution < 1.29 is 14.3 Å². The average molecular weight is 353 g/mol. The Morgan fingerprint density at radius 1 is 1.43 bits per heavy atom. The molecule has 1 N–H and O–H groups in total. The molecule has 0 saturated heterocycles. The second-order valence-corrected chi connectivity index (χ2v) is 6.63. The number of halogens is 1. The van der Waals surface area contributed by atoms with E-state index in [0.29, 0.717) is 28.6 Å². The van der Waals surface area contributed by atoms with Crippen LogP contribution in [0.5, 0.6) is 11.5 Å². The van der Waals surface area contributed by atoms with Crippen LogP contribution in [-0.4, -0.2) is 38.2 Å². The molecule has 3 rings (SSSR count). The van der Waals surface area contributed by atoms with Crippen LogP contribution in [0.3, 0.4) is 0 Å². The summed E-state index contributed by atoms with van der Waals surface area (Å²) in [7, 11) is 3.98. The van der Waals surface area contributed by atoms with Crippen molar-refractivity contribution in [1.82, 2.24) is 10.2 Å². The zero-order chi connectivity index (χ0) is 16.4. The fraction of sp³-hybridized carbons (Fsp3) is 0.312. The van der Waals surface area contributed by atoms with Crippen molar-refractivity contribution in [2.75, 3.05) is 27.4 Å². The van der Waals surface area contributed by atoms with E-state index in [9.17, 15) is 4.79 Å². The summed E-state index contributed by atoms with van der Waals surface area (Å²) in [5.74, 6) is 0.810. The van der Waals surface area contributed by atoms with E-state index < -0.39 is 0 Å². The number of nitrogens with zero attached hydrogens (tertiary/aromatic N) is 1. The lowest BCUT2D eigenvalue weighted by Gasteiger charge is -2.24. The molecule has 0 saturated carbocycles. The molecule has 1 aliphatic rings. The smallest absolute Gasteiger partial charge is 0.251 e. The lowest BCUT2D eigenvalue weighted by molar-refractivity contribution is 0.0941. The number of likely N-dealkylation sites (N-methyl/N-ethyl adjacent to an activating group) is 1. The van der Waals surface area contributed by atoms with Crippen molar-refractivity contribution in [3.63, 3.8) is 0 Å². The molecule has 0 aliphatic carbocycles. The number of rotatable bonds is 5. The Morgan fingerprint density at radius 2 is 2.26 bits per heavy atom. The van der Waals surface area contributed by atoms with Crippen molar-refractivity contribution in [2.24, 2.45) is 0 Å². The first-order chi connectivity index (χ1) is 11.1. The van der Waals surface area contributed by atoms with Gasteiger partial charge >= 0.3 is 0 Å². The van der Waals surface area contributed by atoms with Crippen molar-refractivity contribution in [1.29, 1.82) is 0 Å². The number of hydrogen-bond acceptors (Lipinski definition) is 5. The summed E-state index contributed by atoms with van der Waals surface area (Å²) < 4.78 is 10.6. The number of amides is 1. The third-order valence-corrected chi connectivity index (χ3v) is 4.68. The fourth-order valence-corrected chi connectivity index (χ4v) is 3.43. The van der Waals surface area contributed by atoms with Crippen molar-refractivity contribution in [3.8, 4) is 11.5 Å². The highest BCUT2D eigenvalue weighted by Gasteiger charge is 2.21. The maximum Gasteiger partial charge on any atom is 0.251 e. The van der Waals surface area contributed by atoms with Gasteiger partial charge in [-0.25, -0.2) is 0 Å². The van der Waals surface area contributed by atoms with Gasteiger partial charge in [-0.05, 0) is 48.6 Å². The lowest BCUT2D eigenvalue weighted by atomic mass is 10.1. The Morgan fingerprint density at radius 3 is 2.96 bits per heavy atom. The number of carbonyl (C=O) groups is 1. The van der Waals surface area contributed by atoms with Gasteiger partial charge in [0.05, 0.1) is 11.1 Å². The third kappa shape index (κ3) is 3.44. The van der Waals surface area contributed by atoms with Crippen LogP contribution in [0.25, 0.3) is 0 Å². The fourth-order valence-electron chi connectivity index (χ4n) is 2.45. The molecule has 0 radical (unpaired) electrons. The van der Waals surface area contributed by atoms with Crippen LogP contribution in [0.2, 0.25) is 5.02 Å². The maximum atomic E-state index is 12.4. The van der Waals surface area contributed by atoms with E-state index in [1.165, 1.54) is 5.56 Å². The van der Waals surface area contributed by atoms with E-state index in [2.05, 4.69) is 21.7 Å². The minimum atomic E-state index is -0.188. The van der Waals surface area contributed by atoms with E-state index in [0.717, 1.165) is 0 Å². The molecular formula is C16H17ClN2O3S. The van der Waals surface area contributed by atoms with Crippen LogP contribution in [0, 0.1) is 0 Å². The largest absolute Gasteiger partial charge is 0.454 e. The lowest BCUT2D eigenvalue weighted by Crippen LogP contribution is -2.34. The SMILES string of the molecule is CN(C)[C@@H](CNC(=O)c1cc(Cl)c2c(c1)OCO2)c1ccsc1. The molecule has 122 valence electrons. The molecule has 2 aromatic rings. The monoisotopic (exact) mass is 352 g/mol. The summed E-state index contributed by atoms with van der Waals surface area (Å²) in [5, 5.41) is 7.46. The highest BCUT2D eigenvalue weighted by molar-refractivity contribution is 7.07. The van der Waals surface area contributed by atoms with Gasteiger partial charge in [0.15, 0.2) is 11.5 Å². The molecule has 2 heterocycles. The van der Waals surface area contributed by atoms with Gasteiger partial charge in [0.2, 0.25) is 6.79 Å².